The molecule has 1 fully saturated rings. The number of carbonyl (C=O) groups excluding carboxylic acids is 1. The van der Waals surface area contributed by atoms with E-state index in [-0.39, 0.29) is 11.7 Å². The van der Waals surface area contributed by atoms with Gasteiger partial charge in [-0.1, -0.05) is 0 Å². The Morgan fingerprint density at radius 1 is 1.61 bits per heavy atom. The first-order valence-corrected chi connectivity index (χ1v) is 5.98. The van der Waals surface area contributed by atoms with Gasteiger partial charge < -0.3 is 15.4 Å². The molecule has 98 valence electrons. The number of rotatable bonds is 3. The van der Waals surface area contributed by atoms with Crippen molar-refractivity contribution in [1.82, 2.24) is 4.90 Å². The van der Waals surface area contributed by atoms with Gasteiger partial charge >= 0.3 is 0 Å². The number of likely N-dealkylation sites (tertiary alicyclic amines) is 1. The predicted molar refractivity (Wildman–Crippen MR) is 66.0 cm³/mol. The largest absolute Gasteiger partial charge is 0.494 e. The molecule has 1 aromatic carbocycles. The number of amides is 1. The maximum absolute atomic E-state index is 13.3. The van der Waals surface area contributed by atoms with E-state index in [4.69, 9.17) is 10.5 Å². The highest BCUT2D eigenvalue weighted by molar-refractivity contribution is 5.94. The van der Waals surface area contributed by atoms with E-state index < -0.39 is 5.82 Å². The molecule has 0 spiro atoms. The van der Waals surface area contributed by atoms with Crippen molar-refractivity contribution in [2.75, 3.05) is 26.7 Å². The summed E-state index contributed by atoms with van der Waals surface area (Å²) in [6, 6.07) is 4.17. The number of carbonyl (C=O) groups is 1. The number of nitrogens with two attached hydrogens (primary N) is 1. The number of ether oxygens (including phenoxy) is 1. The van der Waals surface area contributed by atoms with Crippen LogP contribution in [0.2, 0.25) is 0 Å². The van der Waals surface area contributed by atoms with Crippen molar-refractivity contribution >= 4 is 5.91 Å². The highest BCUT2D eigenvalue weighted by atomic mass is 19.1. The van der Waals surface area contributed by atoms with Gasteiger partial charge in [0.15, 0.2) is 11.6 Å². The van der Waals surface area contributed by atoms with Crippen LogP contribution < -0.4 is 10.5 Å². The average molecular weight is 252 g/mol. The maximum Gasteiger partial charge on any atom is 0.254 e. The zero-order valence-electron chi connectivity index (χ0n) is 10.4. The Morgan fingerprint density at radius 2 is 2.39 bits per heavy atom. The van der Waals surface area contributed by atoms with E-state index in [1.807, 2.05) is 0 Å². The summed E-state index contributed by atoms with van der Waals surface area (Å²) in [6.07, 6.45) is 0.931. The molecule has 1 heterocycles. The summed E-state index contributed by atoms with van der Waals surface area (Å²) >= 11 is 0. The molecule has 0 saturated carbocycles. The summed E-state index contributed by atoms with van der Waals surface area (Å²) in [5, 5.41) is 0. The van der Waals surface area contributed by atoms with Crippen LogP contribution in [0.1, 0.15) is 16.8 Å². The average Bonchev–Trinajstić information content (AvgIpc) is 2.87. The van der Waals surface area contributed by atoms with Gasteiger partial charge in [0.25, 0.3) is 5.91 Å². The van der Waals surface area contributed by atoms with Crippen molar-refractivity contribution < 1.29 is 13.9 Å². The minimum Gasteiger partial charge on any atom is -0.494 e. The Balaban J connectivity index is 2.14. The van der Waals surface area contributed by atoms with Crippen LogP contribution in [-0.4, -0.2) is 37.6 Å². The van der Waals surface area contributed by atoms with E-state index in [0.29, 0.717) is 31.1 Å². The highest BCUT2D eigenvalue weighted by Crippen LogP contribution is 2.22. The van der Waals surface area contributed by atoms with Gasteiger partial charge in [0, 0.05) is 18.7 Å². The third kappa shape index (κ3) is 2.46. The number of hydrogen-bond acceptors (Lipinski definition) is 3. The van der Waals surface area contributed by atoms with Crippen LogP contribution in [0, 0.1) is 11.7 Å². The van der Waals surface area contributed by atoms with Gasteiger partial charge in [-0.05, 0) is 37.1 Å². The summed E-state index contributed by atoms with van der Waals surface area (Å²) in [4.78, 5) is 13.9. The molecule has 2 rings (SSSR count). The zero-order valence-corrected chi connectivity index (χ0v) is 10.4. The van der Waals surface area contributed by atoms with Gasteiger partial charge in [-0.15, -0.1) is 0 Å². The number of methoxy groups -OCH3 is 1. The van der Waals surface area contributed by atoms with Gasteiger partial charge in [-0.3, -0.25) is 4.79 Å². The molecule has 1 unspecified atom stereocenters. The lowest BCUT2D eigenvalue weighted by molar-refractivity contribution is 0.0787. The Bertz CT molecular complexity index is 451. The van der Waals surface area contributed by atoms with Crippen LogP contribution in [-0.2, 0) is 0 Å². The van der Waals surface area contributed by atoms with E-state index in [2.05, 4.69) is 0 Å². The van der Waals surface area contributed by atoms with Crippen molar-refractivity contribution in [3.8, 4) is 5.75 Å². The Morgan fingerprint density at radius 3 is 3.00 bits per heavy atom. The van der Waals surface area contributed by atoms with Gasteiger partial charge in [0.1, 0.15) is 0 Å². The van der Waals surface area contributed by atoms with Crippen molar-refractivity contribution in [3.63, 3.8) is 0 Å². The quantitative estimate of drug-likeness (QED) is 0.881. The van der Waals surface area contributed by atoms with Gasteiger partial charge in [-0.2, -0.15) is 0 Å². The van der Waals surface area contributed by atoms with Crippen molar-refractivity contribution in [2.45, 2.75) is 6.42 Å². The van der Waals surface area contributed by atoms with Crippen LogP contribution in [0.25, 0.3) is 0 Å². The van der Waals surface area contributed by atoms with Crippen molar-refractivity contribution in [1.29, 1.82) is 0 Å². The molecule has 1 saturated heterocycles. The summed E-state index contributed by atoms with van der Waals surface area (Å²) in [5.74, 6) is -0.0914. The summed E-state index contributed by atoms with van der Waals surface area (Å²) in [6.45, 7) is 1.98. The number of nitrogens with zero attached hydrogens (tertiary/aromatic N) is 1. The van der Waals surface area contributed by atoms with Crippen LogP contribution in [0.3, 0.4) is 0 Å². The molecule has 0 aliphatic carbocycles. The maximum atomic E-state index is 13.3. The molecule has 0 aromatic heterocycles. The topological polar surface area (TPSA) is 55.6 Å². The summed E-state index contributed by atoms with van der Waals surface area (Å²) in [5.41, 5.74) is 6.04. The van der Waals surface area contributed by atoms with E-state index in [9.17, 15) is 9.18 Å². The molecule has 1 aromatic rings. The fourth-order valence-corrected chi connectivity index (χ4v) is 2.18. The summed E-state index contributed by atoms with van der Waals surface area (Å²) < 4.78 is 18.1. The first kappa shape index (κ1) is 12.8. The van der Waals surface area contributed by atoms with Crippen LogP contribution in [0.15, 0.2) is 18.2 Å². The molecule has 18 heavy (non-hydrogen) atoms. The molecule has 1 atom stereocenters. The second-order valence-corrected chi connectivity index (χ2v) is 4.49. The second-order valence-electron chi connectivity index (χ2n) is 4.49. The third-order valence-electron chi connectivity index (χ3n) is 3.30. The number of benzene rings is 1. The Hall–Kier alpha value is -1.62. The first-order valence-electron chi connectivity index (χ1n) is 5.98. The Kier molecular flexibility index (Phi) is 3.81. The van der Waals surface area contributed by atoms with Gasteiger partial charge in [0.05, 0.1) is 7.11 Å². The number of halogens is 1. The molecular weight excluding hydrogens is 235 g/mol. The van der Waals surface area contributed by atoms with E-state index in [1.54, 1.807) is 4.90 Å². The standard InChI is InChI=1S/C13H17FN2O2/c1-18-12-6-10(2-3-11(12)14)13(17)16-5-4-9(7-15)8-16/h2-3,6,9H,4-5,7-8,15H2,1H3. The molecular formula is C13H17FN2O2. The Labute approximate surface area is 106 Å². The lowest BCUT2D eigenvalue weighted by Crippen LogP contribution is -2.29. The molecule has 2 N–H and O–H groups in total. The highest BCUT2D eigenvalue weighted by Gasteiger charge is 2.26. The fourth-order valence-electron chi connectivity index (χ4n) is 2.18. The van der Waals surface area contributed by atoms with E-state index >= 15 is 0 Å². The zero-order chi connectivity index (χ0) is 13.1. The number of hydrogen-bond donors (Lipinski definition) is 1. The molecule has 0 bridgehead atoms. The van der Waals surface area contributed by atoms with Gasteiger partial charge in [-0.25, -0.2) is 4.39 Å². The minimum atomic E-state index is -0.463. The second kappa shape index (κ2) is 5.35. The molecule has 5 heteroatoms. The molecule has 1 amide bonds. The monoisotopic (exact) mass is 252 g/mol. The lowest BCUT2D eigenvalue weighted by Gasteiger charge is -2.16. The first-order chi connectivity index (χ1) is 8.65. The van der Waals surface area contributed by atoms with Crippen LogP contribution in [0.4, 0.5) is 4.39 Å². The smallest absolute Gasteiger partial charge is 0.254 e. The molecule has 0 radical (unpaired) electrons. The van der Waals surface area contributed by atoms with E-state index in [0.717, 1.165) is 6.42 Å². The lowest BCUT2D eigenvalue weighted by atomic mass is 10.1. The van der Waals surface area contributed by atoms with Crippen LogP contribution in [0.5, 0.6) is 5.75 Å². The van der Waals surface area contributed by atoms with Crippen molar-refractivity contribution in [2.24, 2.45) is 11.7 Å². The van der Waals surface area contributed by atoms with Gasteiger partial charge in [0.2, 0.25) is 0 Å². The SMILES string of the molecule is COc1cc(C(=O)N2CCC(CN)C2)ccc1F. The normalized spacial score (nSPS) is 19.1. The molecule has 1 aliphatic rings. The van der Waals surface area contributed by atoms with Crippen LogP contribution >= 0.6 is 0 Å². The minimum absolute atomic E-state index is 0.0930. The summed E-state index contributed by atoms with van der Waals surface area (Å²) in [7, 11) is 1.38. The predicted octanol–water partition coefficient (Wildman–Crippen LogP) is 1.26. The molecule has 4 nitrogen and oxygen atoms in total. The van der Waals surface area contributed by atoms with Crippen molar-refractivity contribution in [3.05, 3.63) is 29.6 Å². The van der Waals surface area contributed by atoms with E-state index in [1.165, 1.54) is 25.3 Å². The third-order valence-corrected chi connectivity index (χ3v) is 3.30. The molecule has 1 aliphatic heterocycles. The fraction of sp³-hybridized carbons (Fsp3) is 0.462.